The van der Waals surface area contributed by atoms with Crippen LogP contribution in [0.1, 0.15) is 47.5 Å². The van der Waals surface area contributed by atoms with Crippen LogP contribution in [0.25, 0.3) is 0 Å². The van der Waals surface area contributed by atoms with Gasteiger partial charge in [-0.1, -0.05) is 30.3 Å². The van der Waals surface area contributed by atoms with Gasteiger partial charge in [-0.05, 0) is 62.1 Å². The van der Waals surface area contributed by atoms with Crippen molar-refractivity contribution in [2.45, 2.75) is 43.7 Å². The Morgan fingerprint density at radius 3 is 2.37 bits per heavy atom. The second-order valence-corrected chi connectivity index (χ2v) is 11.6. The molecule has 2 aliphatic rings. The summed E-state index contributed by atoms with van der Waals surface area (Å²) in [6.45, 7) is 1.11. The van der Waals surface area contributed by atoms with Crippen LogP contribution in [-0.4, -0.2) is 68.4 Å². The minimum atomic E-state index is -3.10. The Balaban J connectivity index is 1.26. The summed E-state index contributed by atoms with van der Waals surface area (Å²) in [4.78, 5) is 27.4. The summed E-state index contributed by atoms with van der Waals surface area (Å²) in [7, 11) is -3.10. The number of carbonyl (C=O) groups is 2. The molecule has 2 aromatic carbocycles. The summed E-state index contributed by atoms with van der Waals surface area (Å²) in [5.41, 5.74) is 1.62. The van der Waals surface area contributed by atoms with E-state index >= 15 is 0 Å². The molecule has 1 unspecified atom stereocenters. The van der Waals surface area contributed by atoms with Gasteiger partial charge >= 0.3 is 0 Å². The first-order valence-electron chi connectivity index (χ1n) is 12.2. The van der Waals surface area contributed by atoms with Gasteiger partial charge in [-0.2, -0.15) is 0 Å². The minimum Gasteiger partial charge on any atom is -0.340 e. The van der Waals surface area contributed by atoms with Crippen molar-refractivity contribution in [2.24, 2.45) is 0 Å². The lowest BCUT2D eigenvalue weighted by Crippen LogP contribution is -2.52. The molecule has 9 heteroatoms. The van der Waals surface area contributed by atoms with E-state index < -0.39 is 15.9 Å². The van der Waals surface area contributed by atoms with Gasteiger partial charge in [0.15, 0.2) is 9.84 Å². The number of hydrogen-bond donors (Lipinski definition) is 2. The molecule has 0 aromatic heterocycles. The van der Waals surface area contributed by atoms with Crippen molar-refractivity contribution >= 4 is 21.7 Å². The molecular weight excluding hydrogens is 469 g/mol. The Labute approximate surface area is 206 Å². The first-order chi connectivity index (χ1) is 16.8. The van der Waals surface area contributed by atoms with Gasteiger partial charge in [0, 0.05) is 30.6 Å². The van der Waals surface area contributed by atoms with Crippen molar-refractivity contribution in [3.05, 3.63) is 71.5 Å². The number of nitrogens with zero attached hydrogens (tertiary/aromatic N) is 1. The lowest BCUT2D eigenvalue weighted by molar-refractivity contribution is -0.133. The molecule has 0 radical (unpaired) electrons. The van der Waals surface area contributed by atoms with Crippen molar-refractivity contribution in [1.29, 1.82) is 0 Å². The summed E-state index contributed by atoms with van der Waals surface area (Å²) < 4.78 is 36.6. The van der Waals surface area contributed by atoms with E-state index in [1.165, 1.54) is 12.1 Å². The SMILES string of the molecule is O=C(N[C@@H](CCCCNC1C[C@H]1c1ccc(F)cc1)C(=O)N1CCS(=O)(=O)CC1)c1ccccc1. The molecule has 2 fully saturated rings. The molecule has 2 aromatic rings. The molecule has 0 bridgehead atoms. The first-order valence-corrected chi connectivity index (χ1v) is 14.0. The van der Waals surface area contributed by atoms with Gasteiger partial charge < -0.3 is 15.5 Å². The number of rotatable bonds is 10. The summed E-state index contributed by atoms with van der Waals surface area (Å²) in [6, 6.07) is 15.1. The Morgan fingerprint density at radius 2 is 1.69 bits per heavy atom. The number of sulfone groups is 1. The molecule has 1 saturated carbocycles. The Morgan fingerprint density at radius 1 is 1.00 bits per heavy atom. The smallest absolute Gasteiger partial charge is 0.251 e. The molecular formula is C26H32FN3O4S. The lowest BCUT2D eigenvalue weighted by atomic mass is 10.1. The van der Waals surface area contributed by atoms with E-state index in [0.717, 1.165) is 31.4 Å². The summed E-state index contributed by atoms with van der Waals surface area (Å²) in [6.07, 6.45) is 3.08. The Bertz CT molecular complexity index is 1110. The fraction of sp³-hybridized carbons (Fsp3) is 0.462. The normalized spacial score (nSPS) is 21.8. The molecule has 0 spiro atoms. The molecule has 1 saturated heterocycles. The number of unbranched alkanes of at least 4 members (excludes halogenated alkanes) is 1. The van der Waals surface area contributed by atoms with Crippen molar-refractivity contribution in [3.8, 4) is 0 Å². The van der Waals surface area contributed by atoms with Crippen LogP contribution in [0.15, 0.2) is 54.6 Å². The average molecular weight is 502 g/mol. The van der Waals surface area contributed by atoms with Crippen LogP contribution in [0.2, 0.25) is 0 Å². The van der Waals surface area contributed by atoms with Gasteiger partial charge in [-0.3, -0.25) is 9.59 Å². The maximum atomic E-state index is 13.2. The number of hydrogen-bond acceptors (Lipinski definition) is 5. The maximum absolute atomic E-state index is 13.2. The van der Waals surface area contributed by atoms with Crippen molar-refractivity contribution in [1.82, 2.24) is 15.5 Å². The van der Waals surface area contributed by atoms with Gasteiger partial charge in [-0.25, -0.2) is 12.8 Å². The largest absolute Gasteiger partial charge is 0.340 e. The van der Waals surface area contributed by atoms with Gasteiger partial charge in [0.2, 0.25) is 5.91 Å². The average Bonchev–Trinajstić information content (AvgIpc) is 3.63. The zero-order valence-corrected chi connectivity index (χ0v) is 20.5. The Kier molecular flexibility index (Phi) is 8.18. The van der Waals surface area contributed by atoms with Gasteiger partial charge in [0.05, 0.1) is 11.5 Å². The molecule has 1 heterocycles. The topological polar surface area (TPSA) is 95.6 Å². The van der Waals surface area contributed by atoms with Crippen LogP contribution in [0.3, 0.4) is 0 Å². The van der Waals surface area contributed by atoms with Crippen molar-refractivity contribution in [3.63, 3.8) is 0 Å². The highest BCUT2D eigenvalue weighted by Crippen LogP contribution is 2.40. The third kappa shape index (κ3) is 7.11. The molecule has 7 nitrogen and oxygen atoms in total. The van der Waals surface area contributed by atoms with Crippen LogP contribution in [0.4, 0.5) is 4.39 Å². The number of amides is 2. The molecule has 35 heavy (non-hydrogen) atoms. The van der Waals surface area contributed by atoms with E-state index in [2.05, 4.69) is 10.6 Å². The zero-order chi connectivity index (χ0) is 24.8. The number of halogens is 1. The van der Waals surface area contributed by atoms with Gasteiger partial charge in [0.25, 0.3) is 5.91 Å². The monoisotopic (exact) mass is 501 g/mol. The van der Waals surface area contributed by atoms with E-state index in [0.29, 0.717) is 23.9 Å². The predicted octanol–water partition coefficient (Wildman–Crippen LogP) is 2.50. The van der Waals surface area contributed by atoms with Crippen LogP contribution in [0.5, 0.6) is 0 Å². The highest BCUT2D eigenvalue weighted by atomic mass is 32.2. The predicted molar refractivity (Wildman–Crippen MR) is 132 cm³/mol. The van der Waals surface area contributed by atoms with Crippen LogP contribution in [-0.2, 0) is 14.6 Å². The fourth-order valence-corrected chi connectivity index (χ4v) is 5.70. The van der Waals surface area contributed by atoms with Crippen molar-refractivity contribution < 1.29 is 22.4 Å². The molecule has 2 amide bonds. The highest BCUT2D eigenvalue weighted by molar-refractivity contribution is 7.91. The first kappa shape index (κ1) is 25.3. The fourth-order valence-electron chi connectivity index (χ4n) is 4.50. The molecule has 4 rings (SSSR count). The van der Waals surface area contributed by atoms with E-state index in [9.17, 15) is 22.4 Å². The zero-order valence-electron chi connectivity index (χ0n) is 19.7. The van der Waals surface area contributed by atoms with Crippen LogP contribution >= 0.6 is 0 Å². The second kappa shape index (κ2) is 11.3. The van der Waals surface area contributed by atoms with E-state index in [1.807, 2.05) is 18.2 Å². The third-order valence-electron chi connectivity index (χ3n) is 6.71. The summed E-state index contributed by atoms with van der Waals surface area (Å²) >= 11 is 0. The van der Waals surface area contributed by atoms with E-state index in [1.54, 1.807) is 29.2 Å². The van der Waals surface area contributed by atoms with Crippen molar-refractivity contribution in [2.75, 3.05) is 31.1 Å². The third-order valence-corrected chi connectivity index (χ3v) is 8.32. The molecule has 1 aliphatic heterocycles. The number of nitrogens with one attached hydrogen (secondary N) is 2. The van der Waals surface area contributed by atoms with Gasteiger partial charge in [0.1, 0.15) is 11.9 Å². The standard InChI is InChI=1S/C26H32FN3O4S/c27-21-11-9-19(10-12-21)22-18-24(22)28-13-5-4-8-23(29-25(31)20-6-2-1-3-7-20)26(32)30-14-16-35(33,34)17-15-30/h1-3,6-7,9-12,22-24,28H,4-5,8,13-18H2,(H,29,31)/t22-,23-,24?/m0/s1. The quantitative estimate of drug-likeness (QED) is 0.488. The second-order valence-electron chi connectivity index (χ2n) is 9.32. The minimum absolute atomic E-state index is 0.0430. The highest BCUT2D eigenvalue weighted by Gasteiger charge is 2.37. The van der Waals surface area contributed by atoms with E-state index in [-0.39, 0.29) is 42.2 Å². The van der Waals surface area contributed by atoms with Crippen LogP contribution in [0, 0.1) is 5.82 Å². The maximum Gasteiger partial charge on any atom is 0.251 e. The van der Waals surface area contributed by atoms with Crippen LogP contribution < -0.4 is 10.6 Å². The molecule has 2 N–H and O–H groups in total. The summed E-state index contributed by atoms with van der Waals surface area (Å²) in [5, 5.41) is 6.38. The molecule has 188 valence electrons. The summed E-state index contributed by atoms with van der Waals surface area (Å²) in [5.74, 6) is -0.446. The Hall–Kier alpha value is -2.78. The van der Waals surface area contributed by atoms with E-state index in [4.69, 9.17) is 0 Å². The number of carbonyl (C=O) groups excluding carboxylic acids is 2. The lowest BCUT2D eigenvalue weighted by Gasteiger charge is -2.30. The molecule has 3 atom stereocenters. The van der Waals surface area contributed by atoms with Gasteiger partial charge in [-0.15, -0.1) is 0 Å². The molecule has 1 aliphatic carbocycles. The number of benzene rings is 2.